The predicted molar refractivity (Wildman–Crippen MR) is 263 cm³/mol. The average Bonchev–Trinajstić information content (AvgIpc) is 3.73. The lowest BCUT2D eigenvalue weighted by molar-refractivity contribution is 0.669. The topological polar surface area (TPSA) is 16.4 Å². The smallest absolute Gasteiger partial charge is 0.136 e. The van der Waals surface area contributed by atoms with Gasteiger partial charge in [0.25, 0.3) is 0 Å². The van der Waals surface area contributed by atoms with Crippen LogP contribution in [0.5, 0.6) is 0 Å². The maximum Gasteiger partial charge on any atom is 0.136 e. The van der Waals surface area contributed by atoms with E-state index in [4.69, 9.17) is 4.42 Å². The number of para-hydroxylation sites is 1. The van der Waals surface area contributed by atoms with Crippen LogP contribution in [0, 0.1) is 0 Å². The van der Waals surface area contributed by atoms with E-state index < -0.39 is 0 Å². The van der Waals surface area contributed by atoms with E-state index in [1.54, 1.807) is 0 Å². The molecule has 1 heterocycles. The minimum absolute atomic E-state index is 0.899. The van der Waals surface area contributed by atoms with Crippen molar-refractivity contribution in [3.8, 4) is 44.5 Å². The highest BCUT2D eigenvalue weighted by molar-refractivity contribution is 6.15. The Morgan fingerprint density at radius 2 is 0.742 bits per heavy atom. The number of nitrogens with zero attached hydrogens (tertiary/aromatic N) is 1. The van der Waals surface area contributed by atoms with Crippen LogP contribution in [0.15, 0.2) is 241 Å². The van der Waals surface area contributed by atoms with Crippen molar-refractivity contribution in [2.75, 3.05) is 4.90 Å². The zero-order valence-corrected chi connectivity index (χ0v) is 33.9. The summed E-state index contributed by atoms with van der Waals surface area (Å²) >= 11 is 0. The van der Waals surface area contributed by atoms with E-state index in [0.29, 0.717) is 0 Å². The molecule has 0 unspecified atom stereocenters. The fraction of sp³-hybridized carbons (Fsp3) is 0. The van der Waals surface area contributed by atoms with Crippen molar-refractivity contribution in [3.05, 3.63) is 237 Å². The molecule has 0 radical (unpaired) electrons. The van der Waals surface area contributed by atoms with E-state index in [1.807, 2.05) is 12.1 Å². The molecular formula is C60H39NO. The van der Waals surface area contributed by atoms with E-state index >= 15 is 0 Å². The second-order valence-electron chi connectivity index (χ2n) is 16.1. The lowest BCUT2D eigenvalue weighted by atomic mass is 9.92. The number of fused-ring (bicyclic) bond motifs is 7. The molecule has 0 N–H and O–H groups in total. The summed E-state index contributed by atoms with van der Waals surface area (Å²) in [4.78, 5) is 2.41. The molecule has 11 aromatic carbocycles. The van der Waals surface area contributed by atoms with Crippen LogP contribution in [0.4, 0.5) is 17.1 Å². The highest BCUT2D eigenvalue weighted by Gasteiger charge is 2.19. The van der Waals surface area contributed by atoms with Crippen molar-refractivity contribution in [1.82, 2.24) is 0 Å². The van der Waals surface area contributed by atoms with Gasteiger partial charge >= 0.3 is 0 Å². The summed E-state index contributed by atoms with van der Waals surface area (Å²) in [7, 11) is 0. The molecule has 0 amide bonds. The van der Waals surface area contributed by atoms with Crippen LogP contribution < -0.4 is 4.90 Å². The van der Waals surface area contributed by atoms with Crippen LogP contribution in [-0.2, 0) is 0 Å². The first-order valence-corrected chi connectivity index (χ1v) is 21.2. The fourth-order valence-electron chi connectivity index (χ4n) is 9.35. The number of hydrogen-bond acceptors (Lipinski definition) is 2. The number of anilines is 3. The summed E-state index contributed by atoms with van der Waals surface area (Å²) in [6.07, 6.45) is 0. The van der Waals surface area contributed by atoms with Gasteiger partial charge < -0.3 is 9.32 Å². The largest absolute Gasteiger partial charge is 0.456 e. The molecule has 0 saturated heterocycles. The molecule has 0 atom stereocenters. The minimum Gasteiger partial charge on any atom is -0.456 e. The van der Waals surface area contributed by atoms with Crippen molar-refractivity contribution < 1.29 is 4.42 Å². The Morgan fingerprint density at radius 1 is 0.258 bits per heavy atom. The SMILES string of the molecule is c1ccc(-c2ccc(-c3cc(-c4ccc(N(c5ccc(-c6ccc7c(c6)oc6ccccc67)cc5)c5cc6ccccc6c6ccccc56)cc4)c4ccccc4c3)cc2)cc1. The van der Waals surface area contributed by atoms with Crippen LogP contribution in [0.1, 0.15) is 0 Å². The van der Waals surface area contributed by atoms with Gasteiger partial charge in [0.1, 0.15) is 11.2 Å². The van der Waals surface area contributed by atoms with Gasteiger partial charge in [-0.3, -0.25) is 0 Å². The molecule has 0 saturated carbocycles. The Morgan fingerprint density at radius 3 is 1.47 bits per heavy atom. The minimum atomic E-state index is 0.899. The molecule has 2 heteroatoms. The monoisotopic (exact) mass is 789 g/mol. The van der Waals surface area contributed by atoms with Gasteiger partial charge in [-0.2, -0.15) is 0 Å². The summed E-state index contributed by atoms with van der Waals surface area (Å²) in [5.74, 6) is 0. The van der Waals surface area contributed by atoms with Crippen molar-refractivity contribution in [1.29, 1.82) is 0 Å². The van der Waals surface area contributed by atoms with Crippen molar-refractivity contribution in [2.45, 2.75) is 0 Å². The number of furan rings is 1. The highest BCUT2D eigenvalue weighted by atomic mass is 16.3. The third kappa shape index (κ3) is 6.20. The summed E-state index contributed by atoms with van der Waals surface area (Å²) < 4.78 is 6.27. The standard InChI is InChI=1S/C60H39NO/c1-2-12-40(13-3-1)41-22-24-43(25-23-41)48-36-46-14-4-7-17-52(46)57(37-48)44-28-33-50(34-29-44)61(58-38-47-15-5-6-16-51(47)53-18-8-9-19-54(53)58)49-31-26-42(27-32-49)45-30-35-56-55-20-10-11-21-59(55)62-60(56)39-45/h1-39H. The summed E-state index contributed by atoms with van der Waals surface area (Å²) in [6, 6.07) is 85.6. The quantitative estimate of drug-likeness (QED) is 0.150. The van der Waals surface area contributed by atoms with Crippen LogP contribution in [0.25, 0.3) is 98.8 Å². The Balaban J connectivity index is 0.966. The third-order valence-electron chi connectivity index (χ3n) is 12.4. The lowest BCUT2D eigenvalue weighted by Crippen LogP contribution is -2.10. The molecule has 1 aromatic heterocycles. The molecule has 0 aliphatic rings. The maximum absolute atomic E-state index is 6.27. The van der Waals surface area contributed by atoms with Gasteiger partial charge in [0, 0.05) is 27.5 Å². The molecule has 0 bridgehead atoms. The van der Waals surface area contributed by atoms with Gasteiger partial charge in [0.2, 0.25) is 0 Å². The molecule has 0 spiro atoms. The first-order valence-electron chi connectivity index (χ1n) is 21.2. The van der Waals surface area contributed by atoms with Crippen LogP contribution in [0.3, 0.4) is 0 Å². The third-order valence-corrected chi connectivity index (χ3v) is 12.4. The lowest BCUT2D eigenvalue weighted by Gasteiger charge is -2.28. The first kappa shape index (κ1) is 35.7. The van der Waals surface area contributed by atoms with E-state index in [0.717, 1.165) is 50.1 Å². The Kier molecular flexibility index (Phi) is 8.53. The van der Waals surface area contributed by atoms with Crippen LogP contribution in [-0.4, -0.2) is 0 Å². The molecule has 0 aliphatic heterocycles. The second kappa shape index (κ2) is 14.8. The molecule has 290 valence electrons. The van der Waals surface area contributed by atoms with Crippen molar-refractivity contribution in [3.63, 3.8) is 0 Å². The van der Waals surface area contributed by atoms with Gasteiger partial charge in [-0.15, -0.1) is 0 Å². The normalized spacial score (nSPS) is 11.5. The predicted octanol–water partition coefficient (Wildman–Crippen LogP) is 17.2. The van der Waals surface area contributed by atoms with Crippen LogP contribution in [0.2, 0.25) is 0 Å². The van der Waals surface area contributed by atoms with Gasteiger partial charge in [0.15, 0.2) is 0 Å². The van der Waals surface area contributed by atoms with E-state index in [1.165, 1.54) is 65.7 Å². The second-order valence-corrected chi connectivity index (χ2v) is 16.1. The Labute approximate surface area is 360 Å². The van der Waals surface area contributed by atoms with Gasteiger partial charge in [0.05, 0.1) is 5.69 Å². The van der Waals surface area contributed by atoms with Gasteiger partial charge in [-0.25, -0.2) is 0 Å². The molecule has 2 nitrogen and oxygen atoms in total. The molecule has 12 aromatic rings. The molecule has 0 aliphatic carbocycles. The Hall–Kier alpha value is -8.20. The van der Waals surface area contributed by atoms with Gasteiger partial charge in [-0.1, -0.05) is 176 Å². The fourth-order valence-corrected chi connectivity index (χ4v) is 9.35. The average molecular weight is 790 g/mol. The zero-order valence-electron chi connectivity index (χ0n) is 33.9. The number of benzene rings is 11. The van der Waals surface area contributed by atoms with Crippen molar-refractivity contribution >= 4 is 71.3 Å². The first-order chi connectivity index (χ1) is 30.7. The number of rotatable bonds is 7. The summed E-state index contributed by atoms with van der Waals surface area (Å²) in [5.41, 5.74) is 14.6. The van der Waals surface area contributed by atoms with Crippen molar-refractivity contribution in [2.24, 2.45) is 0 Å². The summed E-state index contributed by atoms with van der Waals surface area (Å²) in [6.45, 7) is 0. The van der Waals surface area contributed by atoms with E-state index in [-0.39, 0.29) is 0 Å². The zero-order chi connectivity index (χ0) is 41.0. The molecule has 62 heavy (non-hydrogen) atoms. The van der Waals surface area contributed by atoms with E-state index in [2.05, 4.69) is 229 Å². The molecule has 0 fully saturated rings. The highest BCUT2D eigenvalue weighted by Crippen LogP contribution is 2.44. The van der Waals surface area contributed by atoms with E-state index in [9.17, 15) is 0 Å². The number of hydrogen-bond donors (Lipinski definition) is 0. The van der Waals surface area contributed by atoms with Gasteiger partial charge in [-0.05, 0) is 132 Å². The Bertz CT molecular complexity index is 3600. The maximum atomic E-state index is 6.27. The summed E-state index contributed by atoms with van der Waals surface area (Å²) in [5, 5.41) is 9.63. The molecular weight excluding hydrogens is 751 g/mol. The molecule has 12 rings (SSSR count). The van der Waals surface area contributed by atoms with Crippen LogP contribution >= 0.6 is 0 Å².